The fourth-order valence-electron chi connectivity index (χ4n) is 1.30. The van der Waals surface area contributed by atoms with Gasteiger partial charge in [-0.1, -0.05) is 6.92 Å². The molecule has 2 unspecified atom stereocenters. The van der Waals surface area contributed by atoms with E-state index in [0.717, 1.165) is 32.7 Å². The molecule has 0 fully saturated rings. The summed E-state index contributed by atoms with van der Waals surface area (Å²) in [4.78, 5) is 0. The van der Waals surface area contributed by atoms with Gasteiger partial charge in [0, 0.05) is 39.9 Å². The van der Waals surface area contributed by atoms with Crippen molar-refractivity contribution in [3.8, 4) is 0 Å². The van der Waals surface area contributed by atoms with Crippen LogP contribution in [0.25, 0.3) is 0 Å². The number of ether oxygens (including phenoxy) is 2. The van der Waals surface area contributed by atoms with Crippen LogP contribution in [-0.4, -0.2) is 52.1 Å². The van der Waals surface area contributed by atoms with E-state index >= 15 is 0 Å². The Labute approximate surface area is 100 Å². The summed E-state index contributed by atoms with van der Waals surface area (Å²) in [5.41, 5.74) is -0.0548. The molecule has 4 heteroatoms. The van der Waals surface area contributed by atoms with Gasteiger partial charge >= 0.3 is 0 Å². The van der Waals surface area contributed by atoms with E-state index in [9.17, 15) is 0 Å². The van der Waals surface area contributed by atoms with Gasteiger partial charge in [-0.05, 0) is 20.3 Å². The van der Waals surface area contributed by atoms with Crippen LogP contribution >= 0.6 is 0 Å². The first kappa shape index (κ1) is 15.8. The van der Waals surface area contributed by atoms with E-state index in [4.69, 9.17) is 9.47 Å². The van der Waals surface area contributed by atoms with Crippen molar-refractivity contribution in [3.05, 3.63) is 0 Å². The Morgan fingerprint density at radius 2 is 2.00 bits per heavy atom. The Morgan fingerprint density at radius 3 is 2.50 bits per heavy atom. The van der Waals surface area contributed by atoms with Gasteiger partial charge in [0.1, 0.15) is 0 Å². The first-order valence-electron chi connectivity index (χ1n) is 6.06. The molecule has 0 aromatic rings. The fourth-order valence-corrected chi connectivity index (χ4v) is 1.30. The van der Waals surface area contributed by atoms with Gasteiger partial charge in [0.25, 0.3) is 0 Å². The minimum Gasteiger partial charge on any atom is -0.383 e. The van der Waals surface area contributed by atoms with Crippen LogP contribution in [0.1, 0.15) is 27.2 Å². The minimum absolute atomic E-state index is 0.0548. The number of hydrogen-bond acceptors (Lipinski definition) is 4. The Balaban J connectivity index is 3.59. The van der Waals surface area contributed by atoms with Gasteiger partial charge in [-0.25, -0.2) is 0 Å². The van der Waals surface area contributed by atoms with Crippen molar-refractivity contribution >= 4 is 0 Å². The Bertz CT molecular complexity index is 161. The first-order chi connectivity index (χ1) is 7.58. The molecule has 0 aliphatic rings. The zero-order chi connectivity index (χ0) is 12.4. The third-order valence-electron chi connectivity index (χ3n) is 3.00. The molecule has 0 spiro atoms. The van der Waals surface area contributed by atoms with Crippen LogP contribution in [0.5, 0.6) is 0 Å². The number of methoxy groups -OCH3 is 2. The molecule has 0 aliphatic carbocycles. The van der Waals surface area contributed by atoms with Gasteiger partial charge in [-0.15, -0.1) is 0 Å². The molecule has 0 heterocycles. The SMILES string of the molecule is CCC(C)(CNC(C)CNCCOC)OC. The van der Waals surface area contributed by atoms with Crippen molar-refractivity contribution in [1.29, 1.82) is 0 Å². The van der Waals surface area contributed by atoms with Crippen LogP contribution in [0, 0.1) is 0 Å². The van der Waals surface area contributed by atoms with Gasteiger partial charge in [0.2, 0.25) is 0 Å². The van der Waals surface area contributed by atoms with Crippen LogP contribution in [0.15, 0.2) is 0 Å². The molecule has 0 bridgehead atoms. The predicted octanol–water partition coefficient (Wildman–Crippen LogP) is 1.02. The van der Waals surface area contributed by atoms with Crippen LogP contribution in [0.4, 0.5) is 0 Å². The molecule has 0 amide bonds. The van der Waals surface area contributed by atoms with Crippen LogP contribution in [0.3, 0.4) is 0 Å². The summed E-state index contributed by atoms with van der Waals surface area (Å²) in [7, 11) is 3.49. The highest BCUT2D eigenvalue weighted by atomic mass is 16.5. The van der Waals surface area contributed by atoms with Crippen molar-refractivity contribution in [3.63, 3.8) is 0 Å². The molecule has 0 rings (SSSR count). The van der Waals surface area contributed by atoms with E-state index in [1.54, 1.807) is 14.2 Å². The van der Waals surface area contributed by atoms with E-state index in [0.29, 0.717) is 6.04 Å². The average Bonchev–Trinajstić information content (AvgIpc) is 2.31. The van der Waals surface area contributed by atoms with Gasteiger partial charge in [-0.3, -0.25) is 0 Å². The van der Waals surface area contributed by atoms with Crippen LogP contribution < -0.4 is 10.6 Å². The molecule has 2 N–H and O–H groups in total. The van der Waals surface area contributed by atoms with Crippen molar-refractivity contribution in [1.82, 2.24) is 10.6 Å². The van der Waals surface area contributed by atoms with Gasteiger partial charge in [0.15, 0.2) is 0 Å². The number of hydrogen-bond donors (Lipinski definition) is 2. The zero-order valence-electron chi connectivity index (χ0n) is 11.4. The number of nitrogens with one attached hydrogen (secondary N) is 2. The predicted molar refractivity (Wildman–Crippen MR) is 67.9 cm³/mol. The summed E-state index contributed by atoms with van der Waals surface area (Å²) >= 11 is 0. The quantitative estimate of drug-likeness (QED) is 0.552. The number of rotatable bonds is 10. The Kier molecular flexibility index (Phi) is 8.84. The largest absolute Gasteiger partial charge is 0.383 e. The lowest BCUT2D eigenvalue weighted by atomic mass is 10.0. The van der Waals surface area contributed by atoms with Crippen LogP contribution in [-0.2, 0) is 9.47 Å². The smallest absolute Gasteiger partial charge is 0.0772 e. The second kappa shape index (κ2) is 8.93. The molecular weight excluding hydrogens is 204 g/mol. The second-order valence-electron chi connectivity index (χ2n) is 4.49. The van der Waals surface area contributed by atoms with E-state index in [1.807, 2.05) is 0 Å². The molecule has 0 aromatic carbocycles. The molecule has 0 saturated carbocycles. The molecule has 2 atom stereocenters. The summed E-state index contributed by atoms with van der Waals surface area (Å²) in [5.74, 6) is 0. The molecule has 4 nitrogen and oxygen atoms in total. The fraction of sp³-hybridized carbons (Fsp3) is 1.00. The van der Waals surface area contributed by atoms with Crippen molar-refractivity contribution in [2.75, 3.05) is 40.5 Å². The van der Waals surface area contributed by atoms with E-state index in [-0.39, 0.29) is 5.60 Å². The average molecular weight is 232 g/mol. The third kappa shape index (κ3) is 7.17. The molecule has 16 heavy (non-hydrogen) atoms. The molecule has 0 saturated heterocycles. The molecule has 98 valence electrons. The summed E-state index contributed by atoms with van der Waals surface area (Å²) in [6, 6.07) is 0.442. The lowest BCUT2D eigenvalue weighted by Gasteiger charge is -2.29. The van der Waals surface area contributed by atoms with Crippen molar-refractivity contribution in [2.45, 2.75) is 38.8 Å². The Morgan fingerprint density at radius 1 is 1.31 bits per heavy atom. The van der Waals surface area contributed by atoms with Crippen molar-refractivity contribution < 1.29 is 9.47 Å². The first-order valence-corrected chi connectivity index (χ1v) is 6.06. The Hall–Kier alpha value is -0.160. The summed E-state index contributed by atoms with van der Waals surface area (Å²) in [6.45, 7) is 9.94. The molecule has 0 aromatic heterocycles. The van der Waals surface area contributed by atoms with Gasteiger partial charge < -0.3 is 20.1 Å². The van der Waals surface area contributed by atoms with E-state index in [2.05, 4.69) is 31.4 Å². The van der Waals surface area contributed by atoms with Gasteiger partial charge in [0.05, 0.1) is 12.2 Å². The highest BCUT2D eigenvalue weighted by Gasteiger charge is 2.21. The zero-order valence-corrected chi connectivity index (χ0v) is 11.4. The maximum atomic E-state index is 5.48. The maximum absolute atomic E-state index is 5.48. The lowest BCUT2D eigenvalue weighted by molar-refractivity contribution is 0.00202. The highest BCUT2D eigenvalue weighted by Crippen LogP contribution is 2.12. The minimum atomic E-state index is -0.0548. The third-order valence-corrected chi connectivity index (χ3v) is 3.00. The van der Waals surface area contributed by atoms with Gasteiger partial charge in [-0.2, -0.15) is 0 Å². The summed E-state index contributed by atoms with van der Waals surface area (Å²) in [6.07, 6.45) is 1.01. The van der Waals surface area contributed by atoms with E-state index in [1.165, 1.54) is 0 Å². The monoisotopic (exact) mass is 232 g/mol. The second-order valence-corrected chi connectivity index (χ2v) is 4.49. The highest BCUT2D eigenvalue weighted by molar-refractivity contribution is 4.78. The molecule has 0 radical (unpaired) electrons. The van der Waals surface area contributed by atoms with E-state index < -0.39 is 0 Å². The normalized spacial score (nSPS) is 17.1. The summed E-state index contributed by atoms with van der Waals surface area (Å²) < 4.78 is 10.4. The molecular formula is C12H28N2O2. The van der Waals surface area contributed by atoms with Crippen molar-refractivity contribution in [2.24, 2.45) is 0 Å². The maximum Gasteiger partial charge on any atom is 0.0772 e. The summed E-state index contributed by atoms with van der Waals surface area (Å²) in [5, 5.41) is 6.80. The molecule has 0 aliphatic heterocycles. The lowest BCUT2D eigenvalue weighted by Crippen LogP contribution is -2.46. The standard InChI is InChI=1S/C12H28N2O2/c1-6-12(3,16-5)10-14-11(2)9-13-7-8-15-4/h11,13-14H,6-10H2,1-5H3. The van der Waals surface area contributed by atoms with Crippen LogP contribution in [0.2, 0.25) is 0 Å². The topological polar surface area (TPSA) is 42.5 Å².